The number of sulfonamides is 1. The molecule has 0 aliphatic rings. The van der Waals surface area contributed by atoms with Crippen LogP contribution in [0.3, 0.4) is 0 Å². The van der Waals surface area contributed by atoms with Gasteiger partial charge in [0.05, 0.1) is 19.5 Å². The van der Waals surface area contributed by atoms with Crippen LogP contribution in [0.2, 0.25) is 0 Å². The van der Waals surface area contributed by atoms with Crippen molar-refractivity contribution in [1.82, 2.24) is 9.71 Å². The smallest absolute Gasteiger partial charge is 0.211 e. The number of ether oxygens (including phenoxy) is 2. The minimum absolute atomic E-state index is 0.111. The Morgan fingerprint density at radius 2 is 1.90 bits per heavy atom. The van der Waals surface area contributed by atoms with Crippen molar-refractivity contribution in [2.75, 3.05) is 26.0 Å². The van der Waals surface area contributed by atoms with Crippen LogP contribution in [0.4, 0.5) is 0 Å². The summed E-state index contributed by atoms with van der Waals surface area (Å²) in [5, 5.41) is 1.07. The van der Waals surface area contributed by atoms with Crippen LogP contribution in [0.25, 0.3) is 10.9 Å². The minimum Gasteiger partial charge on any atom is -0.493 e. The highest BCUT2D eigenvalue weighted by Gasteiger charge is 2.22. The zero-order valence-corrected chi connectivity index (χ0v) is 17.9. The third-order valence-corrected chi connectivity index (χ3v) is 6.42. The summed E-state index contributed by atoms with van der Waals surface area (Å²) < 4.78 is 38.5. The quantitative estimate of drug-likeness (QED) is 0.523. The van der Waals surface area contributed by atoms with Crippen LogP contribution in [-0.4, -0.2) is 39.4 Å². The van der Waals surface area contributed by atoms with Gasteiger partial charge in [-0.05, 0) is 42.7 Å². The van der Waals surface area contributed by atoms with Crippen molar-refractivity contribution in [1.29, 1.82) is 0 Å². The van der Waals surface area contributed by atoms with Gasteiger partial charge in [-0.15, -0.1) is 0 Å². The van der Waals surface area contributed by atoms with Gasteiger partial charge in [-0.25, -0.2) is 13.1 Å². The maximum atomic E-state index is 12.3. The zero-order valence-electron chi connectivity index (χ0n) is 17.1. The largest absolute Gasteiger partial charge is 0.493 e. The summed E-state index contributed by atoms with van der Waals surface area (Å²) in [4.78, 5) is 3.29. The number of hydrogen-bond donors (Lipinski definition) is 2. The van der Waals surface area contributed by atoms with E-state index >= 15 is 0 Å². The maximum absolute atomic E-state index is 12.3. The molecule has 1 aromatic heterocycles. The second-order valence-electron chi connectivity index (χ2n) is 6.85. The van der Waals surface area contributed by atoms with E-state index in [4.69, 9.17) is 9.47 Å². The first kappa shape index (κ1) is 21.2. The molecule has 0 spiro atoms. The monoisotopic (exact) mass is 416 g/mol. The molecule has 1 unspecified atom stereocenters. The Bertz CT molecular complexity index is 1060. The van der Waals surface area contributed by atoms with E-state index in [1.807, 2.05) is 62.5 Å². The fourth-order valence-corrected chi connectivity index (χ4v) is 4.62. The van der Waals surface area contributed by atoms with E-state index in [1.165, 1.54) is 0 Å². The number of hydrogen-bond acceptors (Lipinski definition) is 4. The van der Waals surface area contributed by atoms with Crippen molar-refractivity contribution in [3.8, 4) is 11.5 Å². The van der Waals surface area contributed by atoms with Gasteiger partial charge in [-0.1, -0.05) is 31.2 Å². The third kappa shape index (κ3) is 4.92. The number of aromatic amines is 1. The molecular formula is C22H28N2O4S. The highest BCUT2D eigenvalue weighted by molar-refractivity contribution is 7.89. The lowest BCUT2D eigenvalue weighted by molar-refractivity contribution is 0.310. The highest BCUT2D eigenvalue weighted by atomic mass is 32.2. The lowest BCUT2D eigenvalue weighted by Gasteiger charge is -2.20. The number of methoxy groups -OCH3 is 1. The van der Waals surface area contributed by atoms with Crippen LogP contribution in [0.5, 0.6) is 11.5 Å². The fraction of sp³-hybridized carbons (Fsp3) is 0.364. The van der Waals surface area contributed by atoms with Gasteiger partial charge >= 0.3 is 0 Å². The summed E-state index contributed by atoms with van der Waals surface area (Å²) in [5.41, 5.74) is 3.00. The second kappa shape index (κ2) is 9.33. The molecule has 29 heavy (non-hydrogen) atoms. The molecule has 1 heterocycles. The number of para-hydroxylation sites is 1. The van der Waals surface area contributed by atoms with E-state index < -0.39 is 10.0 Å². The Morgan fingerprint density at radius 3 is 2.62 bits per heavy atom. The highest BCUT2D eigenvalue weighted by Crippen LogP contribution is 2.36. The first-order valence-electron chi connectivity index (χ1n) is 9.83. The van der Waals surface area contributed by atoms with Gasteiger partial charge < -0.3 is 14.5 Å². The summed E-state index contributed by atoms with van der Waals surface area (Å²) in [6, 6.07) is 13.8. The molecule has 0 fully saturated rings. The van der Waals surface area contributed by atoms with Crippen LogP contribution in [0.1, 0.15) is 37.3 Å². The fourth-order valence-electron chi connectivity index (χ4n) is 3.52. The van der Waals surface area contributed by atoms with Crippen molar-refractivity contribution in [2.24, 2.45) is 0 Å². The molecule has 2 aromatic carbocycles. The SMILES string of the molecule is CCCS(=O)(=O)NCC(c1ccc(OCC)c(OC)c1)c1c[nH]c2ccccc12. The molecule has 0 amide bonds. The summed E-state index contributed by atoms with van der Waals surface area (Å²) in [7, 11) is -1.72. The Hall–Kier alpha value is -2.51. The Balaban J connectivity index is 2.03. The third-order valence-electron chi connectivity index (χ3n) is 4.87. The van der Waals surface area contributed by atoms with Crippen molar-refractivity contribution >= 4 is 20.9 Å². The summed E-state index contributed by atoms with van der Waals surface area (Å²) in [6.45, 7) is 4.58. The molecule has 3 aromatic rings. The summed E-state index contributed by atoms with van der Waals surface area (Å²) in [5.74, 6) is 1.23. The van der Waals surface area contributed by atoms with E-state index in [1.54, 1.807) is 7.11 Å². The van der Waals surface area contributed by atoms with Crippen molar-refractivity contribution < 1.29 is 17.9 Å². The average Bonchev–Trinajstić information content (AvgIpc) is 3.13. The minimum atomic E-state index is -3.33. The molecule has 0 bridgehead atoms. The van der Waals surface area contributed by atoms with E-state index in [2.05, 4.69) is 9.71 Å². The first-order chi connectivity index (χ1) is 14.0. The number of nitrogens with one attached hydrogen (secondary N) is 2. The Kier molecular flexibility index (Phi) is 6.82. The van der Waals surface area contributed by atoms with E-state index in [0.717, 1.165) is 22.0 Å². The predicted octanol–water partition coefficient (Wildman–Crippen LogP) is 4.04. The van der Waals surface area contributed by atoms with E-state index in [9.17, 15) is 8.42 Å². The van der Waals surface area contributed by atoms with Crippen LogP contribution < -0.4 is 14.2 Å². The van der Waals surface area contributed by atoms with E-state index in [-0.39, 0.29) is 18.2 Å². The molecule has 0 saturated carbocycles. The number of rotatable bonds is 10. The van der Waals surface area contributed by atoms with Gasteiger partial charge in [0.2, 0.25) is 10.0 Å². The summed E-state index contributed by atoms with van der Waals surface area (Å²) in [6.07, 6.45) is 2.52. The van der Waals surface area contributed by atoms with Crippen LogP contribution in [-0.2, 0) is 10.0 Å². The summed E-state index contributed by atoms with van der Waals surface area (Å²) >= 11 is 0. The molecule has 1 atom stereocenters. The molecule has 7 heteroatoms. The van der Waals surface area contributed by atoms with Gasteiger partial charge in [-0.3, -0.25) is 0 Å². The van der Waals surface area contributed by atoms with Gasteiger partial charge in [0.25, 0.3) is 0 Å². The first-order valence-corrected chi connectivity index (χ1v) is 11.5. The molecule has 156 valence electrons. The normalized spacial score (nSPS) is 12.8. The van der Waals surface area contributed by atoms with Crippen molar-refractivity contribution in [3.05, 3.63) is 59.8 Å². The number of aromatic nitrogens is 1. The lowest BCUT2D eigenvalue weighted by atomic mass is 9.91. The van der Waals surface area contributed by atoms with E-state index in [0.29, 0.717) is 24.5 Å². The van der Waals surface area contributed by atoms with Gasteiger partial charge in [0.15, 0.2) is 11.5 Å². The second-order valence-corrected chi connectivity index (χ2v) is 8.78. The Labute approximate surface area is 172 Å². The number of fused-ring (bicyclic) bond motifs is 1. The Morgan fingerprint density at radius 1 is 1.10 bits per heavy atom. The number of H-pyrrole nitrogens is 1. The lowest BCUT2D eigenvalue weighted by Crippen LogP contribution is -2.30. The predicted molar refractivity (Wildman–Crippen MR) is 116 cm³/mol. The molecule has 2 N–H and O–H groups in total. The molecule has 6 nitrogen and oxygen atoms in total. The van der Waals surface area contributed by atoms with Crippen LogP contribution in [0.15, 0.2) is 48.7 Å². The standard InChI is InChI=1S/C22H28N2O4S/c1-4-12-29(25,26)24-15-18(19-14-23-20-9-7-6-8-17(19)20)16-10-11-21(28-5-2)22(13-16)27-3/h6-11,13-14,18,23-24H,4-5,12,15H2,1-3H3. The zero-order chi connectivity index (χ0) is 20.9. The maximum Gasteiger partial charge on any atom is 0.211 e. The van der Waals surface area contributed by atoms with Crippen LogP contribution >= 0.6 is 0 Å². The number of benzene rings is 2. The molecule has 0 radical (unpaired) electrons. The van der Waals surface area contributed by atoms with Crippen LogP contribution in [0, 0.1) is 0 Å². The van der Waals surface area contributed by atoms with Gasteiger partial charge in [0.1, 0.15) is 0 Å². The van der Waals surface area contributed by atoms with Gasteiger partial charge in [-0.2, -0.15) is 0 Å². The topological polar surface area (TPSA) is 80.4 Å². The van der Waals surface area contributed by atoms with Gasteiger partial charge in [0, 0.05) is 29.6 Å². The van der Waals surface area contributed by atoms with Crippen molar-refractivity contribution in [2.45, 2.75) is 26.2 Å². The molecular weight excluding hydrogens is 388 g/mol. The molecule has 0 aliphatic carbocycles. The average molecular weight is 417 g/mol. The van der Waals surface area contributed by atoms with Crippen molar-refractivity contribution in [3.63, 3.8) is 0 Å². The molecule has 0 saturated heterocycles. The molecule has 0 aliphatic heterocycles. The molecule has 3 rings (SSSR count).